The zero-order valence-electron chi connectivity index (χ0n) is 12.4. The number of benzene rings is 1. The first-order valence-corrected chi connectivity index (χ1v) is 7.92. The predicted molar refractivity (Wildman–Crippen MR) is 81.6 cm³/mol. The van der Waals surface area contributed by atoms with Gasteiger partial charge >= 0.3 is 0 Å². The molecule has 2 saturated heterocycles. The Morgan fingerprint density at radius 2 is 2.00 bits per heavy atom. The van der Waals surface area contributed by atoms with Crippen LogP contribution in [0.4, 0.5) is 0 Å². The van der Waals surface area contributed by atoms with Gasteiger partial charge in [0.25, 0.3) is 0 Å². The Balaban J connectivity index is 1.59. The molecule has 0 radical (unpaired) electrons. The summed E-state index contributed by atoms with van der Waals surface area (Å²) in [5.41, 5.74) is 0.203. The molecule has 110 valence electrons. The SMILES string of the molecule is CC(O)(CNC1CCN2CCCCC12)c1ccccc1. The molecular weight excluding hydrogens is 248 g/mol. The van der Waals surface area contributed by atoms with E-state index in [4.69, 9.17) is 0 Å². The molecule has 0 bridgehead atoms. The van der Waals surface area contributed by atoms with E-state index in [0.29, 0.717) is 18.6 Å². The smallest absolute Gasteiger partial charge is 0.0992 e. The average Bonchev–Trinajstić information content (AvgIpc) is 2.89. The van der Waals surface area contributed by atoms with Crippen molar-refractivity contribution in [1.82, 2.24) is 10.2 Å². The van der Waals surface area contributed by atoms with Crippen molar-refractivity contribution in [1.29, 1.82) is 0 Å². The molecule has 2 N–H and O–H groups in total. The van der Waals surface area contributed by atoms with Crippen molar-refractivity contribution in [2.24, 2.45) is 0 Å². The lowest BCUT2D eigenvalue weighted by atomic mass is 9.94. The van der Waals surface area contributed by atoms with Crippen LogP contribution >= 0.6 is 0 Å². The van der Waals surface area contributed by atoms with Gasteiger partial charge in [-0.05, 0) is 38.3 Å². The Hall–Kier alpha value is -0.900. The van der Waals surface area contributed by atoms with Crippen LogP contribution in [0.1, 0.15) is 38.2 Å². The fraction of sp³-hybridized carbons (Fsp3) is 0.647. The van der Waals surface area contributed by atoms with Gasteiger partial charge < -0.3 is 10.4 Å². The summed E-state index contributed by atoms with van der Waals surface area (Å²) in [4.78, 5) is 2.62. The van der Waals surface area contributed by atoms with Crippen LogP contribution in [-0.2, 0) is 5.60 Å². The van der Waals surface area contributed by atoms with Crippen molar-refractivity contribution in [3.8, 4) is 0 Å². The van der Waals surface area contributed by atoms with Crippen LogP contribution in [0.15, 0.2) is 30.3 Å². The highest BCUT2D eigenvalue weighted by Gasteiger charge is 2.36. The Labute approximate surface area is 122 Å². The third-order valence-corrected chi connectivity index (χ3v) is 4.96. The lowest BCUT2D eigenvalue weighted by Gasteiger charge is -2.34. The number of rotatable bonds is 4. The monoisotopic (exact) mass is 274 g/mol. The summed E-state index contributed by atoms with van der Waals surface area (Å²) in [6.45, 7) is 5.02. The van der Waals surface area contributed by atoms with Crippen LogP contribution in [0.2, 0.25) is 0 Å². The number of piperidine rings is 1. The van der Waals surface area contributed by atoms with Gasteiger partial charge in [-0.1, -0.05) is 36.8 Å². The second-order valence-corrected chi connectivity index (χ2v) is 6.52. The first kappa shape index (κ1) is 14.1. The minimum absolute atomic E-state index is 0.547. The van der Waals surface area contributed by atoms with Crippen molar-refractivity contribution in [2.45, 2.75) is 50.3 Å². The molecule has 3 atom stereocenters. The van der Waals surface area contributed by atoms with Crippen LogP contribution < -0.4 is 5.32 Å². The zero-order valence-corrected chi connectivity index (χ0v) is 12.4. The standard InChI is InChI=1S/C17H26N2O/c1-17(20,14-7-3-2-4-8-14)13-18-15-10-12-19-11-6-5-9-16(15)19/h2-4,7-8,15-16,18,20H,5-6,9-13H2,1H3. The van der Waals surface area contributed by atoms with E-state index in [0.717, 1.165) is 5.56 Å². The highest BCUT2D eigenvalue weighted by Crippen LogP contribution is 2.28. The van der Waals surface area contributed by atoms with Crippen molar-refractivity contribution in [3.63, 3.8) is 0 Å². The first-order chi connectivity index (χ1) is 9.67. The maximum Gasteiger partial charge on any atom is 0.0992 e. The molecule has 1 aromatic carbocycles. The molecule has 2 aliphatic rings. The van der Waals surface area contributed by atoms with E-state index in [1.54, 1.807) is 0 Å². The summed E-state index contributed by atoms with van der Waals surface area (Å²) < 4.78 is 0. The number of nitrogens with zero attached hydrogens (tertiary/aromatic N) is 1. The third kappa shape index (κ3) is 2.90. The summed E-state index contributed by atoms with van der Waals surface area (Å²) in [5, 5.41) is 14.3. The molecule has 3 unspecified atom stereocenters. The molecule has 2 fully saturated rings. The normalized spacial score (nSPS) is 29.9. The molecule has 0 aliphatic carbocycles. The van der Waals surface area contributed by atoms with E-state index in [9.17, 15) is 5.11 Å². The molecule has 2 aliphatic heterocycles. The van der Waals surface area contributed by atoms with Crippen LogP contribution in [0.3, 0.4) is 0 Å². The Bertz CT molecular complexity index is 432. The van der Waals surface area contributed by atoms with Gasteiger partial charge in [0.2, 0.25) is 0 Å². The molecule has 1 aromatic rings. The summed E-state index contributed by atoms with van der Waals surface area (Å²) in [5.74, 6) is 0. The highest BCUT2D eigenvalue weighted by molar-refractivity contribution is 5.21. The van der Waals surface area contributed by atoms with Gasteiger partial charge in [-0.2, -0.15) is 0 Å². The summed E-state index contributed by atoms with van der Waals surface area (Å²) in [6.07, 6.45) is 5.24. The van der Waals surface area contributed by atoms with Gasteiger partial charge in [-0.3, -0.25) is 4.90 Å². The lowest BCUT2D eigenvalue weighted by Crippen LogP contribution is -2.48. The molecule has 0 spiro atoms. The Morgan fingerprint density at radius 1 is 1.20 bits per heavy atom. The van der Waals surface area contributed by atoms with E-state index in [-0.39, 0.29) is 0 Å². The molecule has 3 nitrogen and oxygen atoms in total. The Morgan fingerprint density at radius 3 is 2.80 bits per heavy atom. The third-order valence-electron chi connectivity index (χ3n) is 4.96. The summed E-state index contributed by atoms with van der Waals surface area (Å²) in [6, 6.07) is 11.2. The molecule has 0 aromatic heterocycles. The molecule has 2 heterocycles. The molecule has 20 heavy (non-hydrogen) atoms. The fourth-order valence-corrected chi connectivity index (χ4v) is 3.71. The minimum Gasteiger partial charge on any atom is -0.384 e. The number of hydrogen-bond donors (Lipinski definition) is 2. The van der Waals surface area contributed by atoms with Crippen molar-refractivity contribution >= 4 is 0 Å². The average molecular weight is 274 g/mol. The van der Waals surface area contributed by atoms with Crippen molar-refractivity contribution in [2.75, 3.05) is 19.6 Å². The van der Waals surface area contributed by atoms with Gasteiger partial charge in [0.15, 0.2) is 0 Å². The van der Waals surface area contributed by atoms with Crippen LogP contribution in [0.5, 0.6) is 0 Å². The molecule has 3 heteroatoms. The number of nitrogens with one attached hydrogen (secondary N) is 1. The second kappa shape index (κ2) is 5.84. The van der Waals surface area contributed by atoms with E-state index in [1.165, 1.54) is 38.8 Å². The van der Waals surface area contributed by atoms with E-state index in [1.807, 2.05) is 37.3 Å². The van der Waals surface area contributed by atoms with Gasteiger partial charge in [0.05, 0.1) is 5.60 Å². The van der Waals surface area contributed by atoms with Crippen LogP contribution in [0, 0.1) is 0 Å². The van der Waals surface area contributed by atoms with Crippen LogP contribution in [-0.4, -0.2) is 41.7 Å². The topological polar surface area (TPSA) is 35.5 Å². The maximum atomic E-state index is 10.7. The molecule has 0 saturated carbocycles. The zero-order chi connectivity index (χ0) is 14.0. The molecule has 3 rings (SSSR count). The largest absolute Gasteiger partial charge is 0.384 e. The fourth-order valence-electron chi connectivity index (χ4n) is 3.71. The summed E-state index contributed by atoms with van der Waals surface area (Å²) in [7, 11) is 0. The molecule has 0 amide bonds. The van der Waals surface area contributed by atoms with Gasteiger partial charge in [0.1, 0.15) is 0 Å². The quantitative estimate of drug-likeness (QED) is 0.883. The highest BCUT2D eigenvalue weighted by atomic mass is 16.3. The predicted octanol–water partition coefficient (Wildman–Crippen LogP) is 2.11. The van der Waals surface area contributed by atoms with E-state index in [2.05, 4.69) is 10.2 Å². The van der Waals surface area contributed by atoms with Gasteiger partial charge in [-0.25, -0.2) is 0 Å². The number of hydrogen-bond acceptors (Lipinski definition) is 3. The number of aliphatic hydroxyl groups is 1. The minimum atomic E-state index is -0.788. The van der Waals surface area contributed by atoms with Crippen molar-refractivity contribution < 1.29 is 5.11 Å². The van der Waals surface area contributed by atoms with Gasteiger partial charge in [0, 0.05) is 25.2 Å². The summed E-state index contributed by atoms with van der Waals surface area (Å²) >= 11 is 0. The molecular formula is C17H26N2O. The van der Waals surface area contributed by atoms with E-state index < -0.39 is 5.60 Å². The maximum absolute atomic E-state index is 10.7. The Kier molecular flexibility index (Phi) is 4.11. The number of fused-ring (bicyclic) bond motifs is 1. The van der Waals surface area contributed by atoms with Crippen LogP contribution in [0.25, 0.3) is 0 Å². The van der Waals surface area contributed by atoms with E-state index >= 15 is 0 Å². The first-order valence-electron chi connectivity index (χ1n) is 7.92. The van der Waals surface area contributed by atoms with Crippen molar-refractivity contribution in [3.05, 3.63) is 35.9 Å². The van der Waals surface area contributed by atoms with Gasteiger partial charge in [-0.15, -0.1) is 0 Å². The second-order valence-electron chi connectivity index (χ2n) is 6.52. The lowest BCUT2D eigenvalue weighted by molar-refractivity contribution is 0.0510.